The third-order valence-corrected chi connectivity index (χ3v) is 3.89. The number of para-hydroxylation sites is 1. The van der Waals surface area contributed by atoms with Crippen molar-refractivity contribution in [1.29, 1.82) is 0 Å². The van der Waals surface area contributed by atoms with E-state index < -0.39 is 11.6 Å². The topological polar surface area (TPSA) is 9.23 Å². The molecule has 0 unspecified atom stereocenters. The Kier molecular flexibility index (Phi) is 5.24. The van der Waals surface area contributed by atoms with E-state index in [9.17, 15) is 8.78 Å². The summed E-state index contributed by atoms with van der Waals surface area (Å²) in [7, 11) is 0. The fourth-order valence-electron chi connectivity index (χ4n) is 1.67. The van der Waals surface area contributed by atoms with Gasteiger partial charge in [-0.25, -0.2) is 8.78 Å². The third-order valence-electron chi connectivity index (χ3n) is 2.69. The van der Waals surface area contributed by atoms with Gasteiger partial charge in [0.25, 0.3) is 0 Å². The van der Waals surface area contributed by atoms with E-state index in [1.165, 1.54) is 12.1 Å². The maximum atomic E-state index is 13.8. The molecular formula is C14H9BrCl2F2O. The van der Waals surface area contributed by atoms with Gasteiger partial charge in [0.1, 0.15) is 24.0 Å². The number of alkyl halides is 1. The predicted molar refractivity (Wildman–Crippen MR) is 79.4 cm³/mol. The number of halogens is 5. The molecule has 1 nitrogen and oxygen atoms in total. The molecule has 0 aliphatic carbocycles. The lowest BCUT2D eigenvalue weighted by molar-refractivity contribution is 0.290. The van der Waals surface area contributed by atoms with Gasteiger partial charge < -0.3 is 4.74 Å². The first-order valence-corrected chi connectivity index (χ1v) is 7.33. The maximum absolute atomic E-state index is 13.8. The Morgan fingerprint density at radius 2 is 1.90 bits per heavy atom. The Bertz CT molecular complexity index is 635. The maximum Gasteiger partial charge on any atom is 0.146 e. The second kappa shape index (κ2) is 6.74. The van der Waals surface area contributed by atoms with E-state index in [0.717, 1.165) is 0 Å². The summed E-state index contributed by atoms with van der Waals surface area (Å²) in [4.78, 5) is 0. The van der Waals surface area contributed by atoms with Crippen LogP contribution in [0.3, 0.4) is 0 Å². The number of ether oxygens (including phenoxy) is 1. The fourth-order valence-corrected chi connectivity index (χ4v) is 2.50. The molecule has 0 aliphatic heterocycles. The molecule has 0 atom stereocenters. The molecule has 6 heteroatoms. The average Bonchev–Trinajstić information content (AvgIpc) is 2.44. The molecular weight excluding hydrogens is 373 g/mol. The molecule has 0 bridgehead atoms. The zero-order chi connectivity index (χ0) is 14.7. The molecule has 2 aromatic rings. The van der Waals surface area contributed by atoms with Crippen LogP contribution in [0.25, 0.3) is 0 Å². The second-order valence-electron chi connectivity index (χ2n) is 3.97. The van der Waals surface area contributed by atoms with Gasteiger partial charge in [-0.05, 0) is 34.1 Å². The van der Waals surface area contributed by atoms with Crippen molar-refractivity contribution >= 4 is 39.1 Å². The average molecular weight is 382 g/mol. The first-order chi connectivity index (χ1) is 9.54. The second-order valence-corrected chi connectivity index (χ2v) is 5.50. The van der Waals surface area contributed by atoms with Gasteiger partial charge in [0.2, 0.25) is 0 Å². The van der Waals surface area contributed by atoms with E-state index in [1.807, 2.05) is 0 Å². The zero-order valence-electron chi connectivity index (χ0n) is 10.1. The summed E-state index contributed by atoms with van der Waals surface area (Å²) in [6.45, 7) is -0.273. The number of rotatable bonds is 4. The molecule has 0 N–H and O–H groups in total. The number of benzene rings is 2. The Hall–Kier alpha value is -0.840. The van der Waals surface area contributed by atoms with Crippen molar-refractivity contribution in [1.82, 2.24) is 0 Å². The van der Waals surface area contributed by atoms with Gasteiger partial charge in [0.05, 0.1) is 20.9 Å². The molecule has 2 rings (SSSR count). The molecule has 0 spiro atoms. The Labute approximate surface area is 133 Å². The van der Waals surface area contributed by atoms with Crippen LogP contribution in [0, 0.1) is 11.6 Å². The van der Waals surface area contributed by atoms with Gasteiger partial charge in [-0.1, -0.05) is 23.7 Å². The van der Waals surface area contributed by atoms with Gasteiger partial charge in [-0.2, -0.15) is 0 Å². The SMILES string of the molecule is Fc1ccc(Br)c(F)c1COc1c(Cl)cccc1CCl. The van der Waals surface area contributed by atoms with Crippen molar-refractivity contribution in [3.05, 3.63) is 62.6 Å². The number of hydrogen-bond donors (Lipinski definition) is 0. The molecule has 0 fully saturated rings. The molecule has 0 radical (unpaired) electrons. The lowest BCUT2D eigenvalue weighted by Crippen LogP contribution is -2.04. The first kappa shape index (κ1) is 15.5. The van der Waals surface area contributed by atoms with Crippen molar-refractivity contribution in [3.8, 4) is 5.75 Å². The van der Waals surface area contributed by atoms with E-state index in [-0.39, 0.29) is 22.5 Å². The molecule has 20 heavy (non-hydrogen) atoms. The minimum atomic E-state index is -0.690. The normalized spacial score (nSPS) is 10.7. The predicted octanol–water partition coefficient (Wildman–Crippen LogP) is 5.70. The van der Waals surface area contributed by atoms with Crippen LogP contribution in [0.2, 0.25) is 5.02 Å². The fraction of sp³-hybridized carbons (Fsp3) is 0.143. The summed E-state index contributed by atoms with van der Waals surface area (Å²) >= 11 is 14.8. The van der Waals surface area contributed by atoms with Crippen molar-refractivity contribution in [2.45, 2.75) is 12.5 Å². The third kappa shape index (κ3) is 3.25. The van der Waals surface area contributed by atoms with Crippen LogP contribution in [0.15, 0.2) is 34.8 Å². The smallest absolute Gasteiger partial charge is 0.146 e. The highest BCUT2D eigenvalue weighted by molar-refractivity contribution is 9.10. The Morgan fingerprint density at radius 1 is 1.15 bits per heavy atom. The summed E-state index contributed by atoms with van der Waals surface area (Å²) in [5.41, 5.74) is 0.495. The van der Waals surface area contributed by atoms with Crippen LogP contribution >= 0.6 is 39.1 Å². The van der Waals surface area contributed by atoms with E-state index in [0.29, 0.717) is 16.3 Å². The van der Waals surface area contributed by atoms with Crippen LogP contribution in [0.1, 0.15) is 11.1 Å². The molecule has 0 amide bonds. The quantitative estimate of drug-likeness (QED) is 0.487. The van der Waals surface area contributed by atoms with Crippen LogP contribution in [0.5, 0.6) is 5.75 Å². The van der Waals surface area contributed by atoms with Crippen LogP contribution in [0.4, 0.5) is 8.78 Å². The van der Waals surface area contributed by atoms with Crippen molar-refractivity contribution in [3.63, 3.8) is 0 Å². The van der Waals surface area contributed by atoms with Crippen LogP contribution in [-0.2, 0) is 12.5 Å². The number of hydrogen-bond acceptors (Lipinski definition) is 1. The van der Waals surface area contributed by atoms with E-state index in [4.69, 9.17) is 27.9 Å². The van der Waals surface area contributed by atoms with Gasteiger partial charge in [0.15, 0.2) is 0 Å². The summed E-state index contributed by atoms with van der Waals surface area (Å²) in [5, 5.41) is 0.346. The van der Waals surface area contributed by atoms with Crippen molar-refractivity contribution in [2.24, 2.45) is 0 Å². The summed E-state index contributed by atoms with van der Waals surface area (Å²) in [6.07, 6.45) is 0. The summed E-state index contributed by atoms with van der Waals surface area (Å²) < 4.78 is 33.1. The van der Waals surface area contributed by atoms with Crippen molar-refractivity contribution < 1.29 is 13.5 Å². The molecule has 0 saturated carbocycles. The highest BCUT2D eigenvalue weighted by Crippen LogP contribution is 2.31. The molecule has 0 saturated heterocycles. The molecule has 0 aliphatic rings. The zero-order valence-corrected chi connectivity index (χ0v) is 13.2. The molecule has 0 aromatic heterocycles. The molecule has 106 valence electrons. The minimum absolute atomic E-state index is 0.167. The highest BCUT2D eigenvalue weighted by Gasteiger charge is 2.15. The van der Waals surface area contributed by atoms with E-state index >= 15 is 0 Å². The van der Waals surface area contributed by atoms with Gasteiger partial charge in [0, 0.05) is 5.56 Å². The monoisotopic (exact) mass is 380 g/mol. The molecule has 0 heterocycles. The summed E-state index contributed by atoms with van der Waals surface area (Å²) in [6, 6.07) is 7.56. The van der Waals surface area contributed by atoms with Crippen LogP contribution < -0.4 is 4.74 Å². The van der Waals surface area contributed by atoms with Crippen molar-refractivity contribution in [2.75, 3.05) is 0 Å². The van der Waals surface area contributed by atoms with Crippen LogP contribution in [-0.4, -0.2) is 0 Å². The standard InChI is InChI=1S/C14H9BrCl2F2O/c15-10-4-5-12(18)9(13(10)19)7-20-14-8(6-16)2-1-3-11(14)17/h1-5H,6-7H2. The van der Waals surface area contributed by atoms with Gasteiger partial charge in [-0.15, -0.1) is 11.6 Å². The Balaban J connectivity index is 2.28. The first-order valence-electron chi connectivity index (χ1n) is 5.63. The largest absolute Gasteiger partial charge is 0.487 e. The van der Waals surface area contributed by atoms with E-state index in [2.05, 4.69) is 15.9 Å². The van der Waals surface area contributed by atoms with Gasteiger partial charge in [-0.3, -0.25) is 0 Å². The van der Waals surface area contributed by atoms with Gasteiger partial charge >= 0.3 is 0 Å². The lowest BCUT2D eigenvalue weighted by Gasteiger charge is -2.13. The Morgan fingerprint density at radius 3 is 2.60 bits per heavy atom. The molecule has 2 aromatic carbocycles. The van der Waals surface area contributed by atoms with E-state index in [1.54, 1.807) is 18.2 Å². The minimum Gasteiger partial charge on any atom is -0.487 e. The summed E-state index contributed by atoms with van der Waals surface area (Å²) in [5.74, 6) is -0.836. The lowest BCUT2D eigenvalue weighted by atomic mass is 10.2. The highest BCUT2D eigenvalue weighted by atomic mass is 79.9.